The van der Waals surface area contributed by atoms with Crippen molar-refractivity contribution < 1.29 is 24.2 Å². The zero-order valence-electron chi connectivity index (χ0n) is 22.7. The zero-order valence-corrected chi connectivity index (χ0v) is 23.5. The molecule has 3 amide bonds. The summed E-state index contributed by atoms with van der Waals surface area (Å²) in [5.41, 5.74) is 0.166. The van der Waals surface area contributed by atoms with Gasteiger partial charge in [0.2, 0.25) is 11.8 Å². The molecule has 0 aliphatic rings. The van der Waals surface area contributed by atoms with Gasteiger partial charge in [-0.2, -0.15) is 11.8 Å². The summed E-state index contributed by atoms with van der Waals surface area (Å²) in [5.74, 6) is -0.316. The van der Waals surface area contributed by atoms with Gasteiger partial charge in [0.1, 0.15) is 23.4 Å². The number of alkyl carbamates (subject to hydrolysis) is 1. The molecule has 1 aromatic rings. The van der Waals surface area contributed by atoms with Gasteiger partial charge in [-0.1, -0.05) is 37.6 Å². The minimum atomic E-state index is -1.12. The predicted molar refractivity (Wildman–Crippen MR) is 146 cm³/mol. The van der Waals surface area contributed by atoms with Crippen LogP contribution in [-0.2, 0) is 14.3 Å². The summed E-state index contributed by atoms with van der Waals surface area (Å²) in [6.45, 7) is 14.7. The zero-order chi connectivity index (χ0) is 27.5. The molecule has 0 bridgehead atoms. The standard InChI is InChI=1S/C27H43N3O5S/c1-9-12-19(4)28-24(32)22(20-14-11-13-18(3)23(20)31)30(16-10-2)25(33)21(15-17-36-8)29-26(34)35-27(5,6)7/h10-11,13-14,19,21-22,31H,2,9,12,15-17H2,1,3-8H3,(H,28,32)(H,29,34). The number of phenols is 1. The summed E-state index contributed by atoms with van der Waals surface area (Å²) in [6, 6.07) is 2.94. The second kappa shape index (κ2) is 14.8. The summed E-state index contributed by atoms with van der Waals surface area (Å²) in [6.07, 6.45) is 4.72. The molecule has 1 rings (SSSR count). The number of hydrogen-bond acceptors (Lipinski definition) is 6. The van der Waals surface area contributed by atoms with E-state index in [2.05, 4.69) is 17.2 Å². The first-order valence-corrected chi connectivity index (χ1v) is 13.7. The quantitative estimate of drug-likeness (QED) is 0.325. The largest absolute Gasteiger partial charge is 0.507 e. The molecule has 1 aromatic carbocycles. The van der Waals surface area contributed by atoms with Gasteiger partial charge in [0.05, 0.1) is 0 Å². The fourth-order valence-corrected chi connectivity index (χ4v) is 4.26. The number of benzene rings is 1. The van der Waals surface area contributed by atoms with Gasteiger partial charge in [-0.3, -0.25) is 9.59 Å². The molecule has 3 N–H and O–H groups in total. The number of hydrogen-bond donors (Lipinski definition) is 3. The Morgan fingerprint density at radius 2 is 1.89 bits per heavy atom. The van der Waals surface area contributed by atoms with E-state index in [0.29, 0.717) is 23.3 Å². The number of rotatable bonds is 13. The minimum absolute atomic E-state index is 0.0399. The summed E-state index contributed by atoms with van der Waals surface area (Å²) < 4.78 is 5.38. The highest BCUT2D eigenvalue weighted by molar-refractivity contribution is 7.98. The predicted octanol–water partition coefficient (Wildman–Crippen LogP) is 4.71. The van der Waals surface area contributed by atoms with E-state index < -0.39 is 35.6 Å². The molecule has 0 heterocycles. The molecule has 0 aromatic heterocycles. The lowest BCUT2D eigenvalue weighted by molar-refractivity contribution is -0.142. The molecular formula is C27H43N3O5S. The van der Waals surface area contributed by atoms with Crippen molar-refractivity contribution in [2.75, 3.05) is 18.6 Å². The lowest BCUT2D eigenvalue weighted by Crippen LogP contribution is -2.53. The second-order valence-corrected chi connectivity index (χ2v) is 10.9. The number of aryl methyl sites for hydroxylation is 1. The molecule has 0 saturated heterocycles. The van der Waals surface area contributed by atoms with Gasteiger partial charge in [0.15, 0.2) is 0 Å². The first kappa shape index (κ1) is 31.4. The van der Waals surface area contributed by atoms with Crippen LogP contribution in [0.3, 0.4) is 0 Å². The summed E-state index contributed by atoms with van der Waals surface area (Å²) in [4.78, 5) is 41.4. The number of thioether (sulfide) groups is 1. The molecule has 202 valence electrons. The van der Waals surface area contributed by atoms with Crippen LogP contribution in [0.1, 0.15) is 71.0 Å². The van der Waals surface area contributed by atoms with Crippen LogP contribution in [0.4, 0.5) is 4.79 Å². The van der Waals surface area contributed by atoms with Crippen LogP contribution in [-0.4, -0.2) is 64.2 Å². The molecular weight excluding hydrogens is 478 g/mol. The molecule has 3 atom stereocenters. The van der Waals surface area contributed by atoms with Gasteiger partial charge in [-0.25, -0.2) is 4.79 Å². The van der Waals surface area contributed by atoms with Crippen molar-refractivity contribution in [3.63, 3.8) is 0 Å². The number of para-hydroxylation sites is 1. The van der Waals surface area contributed by atoms with Gasteiger partial charge >= 0.3 is 6.09 Å². The third-order valence-electron chi connectivity index (χ3n) is 5.44. The number of phenolic OH excluding ortho intramolecular Hbond substituents is 1. The summed E-state index contributed by atoms with van der Waals surface area (Å²) in [7, 11) is 0. The highest BCUT2D eigenvalue weighted by Gasteiger charge is 2.37. The molecule has 0 radical (unpaired) electrons. The van der Waals surface area contributed by atoms with E-state index in [1.165, 1.54) is 22.7 Å². The van der Waals surface area contributed by atoms with Crippen LogP contribution >= 0.6 is 11.8 Å². The molecule has 0 aliphatic carbocycles. The Balaban J connectivity index is 3.50. The number of carbonyl (C=O) groups excluding carboxylic acids is 3. The first-order chi connectivity index (χ1) is 16.9. The number of amides is 3. The van der Waals surface area contributed by atoms with Crippen molar-refractivity contribution in [2.45, 2.75) is 84.5 Å². The van der Waals surface area contributed by atoms with Crippen molar-refractivity contribution in [2.24, 2.45) is 0 Å². The molecule has 0 spiro atoms. The average molecular weight is 522 g/mol. The van der Waals surface area contributed by atoms with Crippen LogP contribution in [0, 0.1) is 6.92 Å². The highest BCUT2D eigenvalue weighted by Crippen LogP contribution is 2.32. The monoisotopic (exact) mass is 521 g/mol. The Labute approximate surface area is 220 Å². The molecule has 0 fully saturated rings. The number of carbonyl (C=O) groups is 3. The van der Waals surface area contributed by atoms with Gasteiger partial charge in [-0.15, -0.1) is 6.58 Å². The Morgan fingerprint density at radius 1 is 1.22 bits per heavy atom. The van der Waals surface area contributed by atoms with Crippen LogP contribution < -0.4 is 10.6 Å². The van der Waals surface area contributed by atoms with Gasteiger partial charge in [0, 0.05) is 18.2 Å². The molecule has 0 saturated carbocycles. The second-order valence-electron chi connectivity index (χ2n) is 9.87. The maximum Gasteiger partial charge on any atom is 0.408 e. The van der Waals surface area contributed by atoms with E-state index in [1.807, 2.05) is 20.1 Å². The van der Waals surface area contributed by atoms with Crippen molar-refractivity contribution in [3.8, 4) is 5.75 Å². The molecule has 36 heavy (non-hydrogen) atoms. The molecule has 0 aliphatic heterocycles. The number of ether oxygens (including phenoxy) is 1. The van der Waals surface area contributed by atoms with Crippen molar-refractivity contribution >= 4 is 29.7 Å². The first-order valence-electron chi connectivity index (χ1n) is 12.3. The van der Waals surface area contributed by atoms with E-state index in [4.69, 9.17) is 4.74 Å². The Kier molecular flexibility index (Phi) is 12.9. The van der Waals surface area contributed by atoms with Crippen LogP contribution in [0.2, 0.25) is 0 Å². The van der Waals surface area contributed by atoms with Gasteiger partial charge in [-0.05, 0) is 65.0 Å². The lowest BCUT2D eigenvalue weighted by atomic mass is 9.98. The van der Waals surface area contributed by atoms with Crippen LogP contribution in [0.25, 0.3) is 0 Å². The Morgan fingerprint density at radius 3 is 2.44 bits per heavy atom. The van der Waals surface area contributed by atoms with Gasteiger partial charge in [0.25, 0.3) is 0 Å². The SMILES string of the molecule is C=CCN(C(=O)C(CCSC)NC(=O)OC(C)(C)C)C(C(=O)NC(C)CCC)c1cccc(C)c1O. The maximum absolute atomic E-state index is 13.9. The fraction of sp³-hybridized carbons (Fsp3) is 0.593. The van der Waals surface area contributed by atoms with Crippen LogP contribution in [0.5, 0.6) is 5.75 Å². The molecule has 3 unspecified atom stereocenters. The van der Waals surface area contributed by atoms with Crippen molar-refractivity contribution in [1.29, 1.82) is 0 Å². The number of nitrogens with one attached hydrogen (secondary N) is 2. The van der Waals surface area contributed by atoms with Gasteiger partial charge < -0.3 is 25.4 Å². The Hall–Kier alpha value is -2.68. The Bertz CT molecular complexity index is 900. The lowest BCUT2D eigenvalue weighted by Gasteiger charge is -2.34. The molecule has 8 nitrogen and oxygen atoms in total. The highest BCUT2D eigenvalue weighted by atomic mass is 32.2. The van der Waals surface area contributed by atoms with E-state index in [1.54, 1.807) is 45.9 Å². The smallest absolute Gasteiger partial charge is 0.408 e. The summed E-state index contributed by atoms with van der Waals surface area (Å²) >= 11 is 1.54. The van der Waals surface area contributed by atoms with Crippen LogP contribution in [0.15, 0.2) is 30.9 Å². The van der Waals surface area contributed by atoms with E-state index in [-0.39, 0.29) is 18.3 Å². The fourth-order valence-electron chi connectivity index (χ4n) is 3.78. The van der Waals surface area contributed by atoms with Crippen molar-refractivity contribution in [3.05, 3.63) is 42.0 Å². The number of nitrogens with zero attached hydrogens (tertiary/aromatic N) is 1. The third-order valence-corrected chi connectivity index (χ3v) is 6.09. The number of aromatic hydroxyl groups is 1. The molecule has 9 heteroatoms. The topological polar surface area (TPSA) is 108 Å². The summed E-state index contributed by atoms with van der Waals surface area (Å²) in [5, 5.41) is 16.5. The maximum atomic E-state index is 13.9. The normalized spacial score (nSPS) is 13.8. The van der Waals surface area contributed by atoms with E-state index in [0.717, 1.165) is 12.8 Å². The van der Waals surface area contributed by atoms with E-state index in [9.17, 15) is 19.5 Å². The minimum Gasteiger partial charge on any atom is -0.507 e. The average Bonchev–Trinajstić information content (AvgIpc) is 2.77. The third kappa shape index (κ3) is 9.76. The van der Waals surface area contributed by atoms with E-state index >= 15 is 0 Å². The van der Waals surface area contributed by atoms with Crippen molar-refractivity contribution in [1.82, 2.24) is 15.5 Å².